The molecule has 2 aromatic carbocycles. The van der Waals surface area contributed by atoms with Crippen LogP contribution in [0.25, 0.3) is 0 Å². The van der Waals surface area contributed by atoms with Crippen molar-refractivity contribution in [3.05, 3.63) is 64.2 Å². The molecule has 1 fully saturated rings. The van der Waals surface area contributed by atoms with Gasteiger partial charge in [0, 0.05) is 30.3 Å². The van der Waals surface area contributed by atoms with Crippen LogP contribution in [0.2, 0.25) is 5.02 Å². The zero-order valence-electron chi connectivity index (χ0n) is 24.9. The summed E-state index contributed by atoms with van der Waals surface area (Å²) in [5, 5.41) is 8.21. The molecule has 1 heterocycles. The van der Waals surface area contributed by atoms with Crippen LogP contribution in [-0.4, -0.2) is 60.7 Å². The number of carbonyl (C=O) groups excluding carboxylic acids is 4. The second-order valence-electron chi connectivity index (χ2n) is 11.5. The maximum Gasteiger partial charge on any atom is 0.416 e. The SMILES string of the molecule is Cc1c(Cl)cccc1CNC(=O)C1(COC(=O)Nc2ccc(C(F)(F)F)cc2)CCN(C(=O)CNC(=O)OC(C)(C)C)CC1. The highest BCUT2D eigenvalue weighted by molar-refractivity contribution is 6.31. The molecule has 0 unspecified atom stereocenters. The molecule has 0 saturated carbocycles. The number of anilines is 1. The minimum Gasteiger partial charge on any atom is -0.448 e. The minimum atomic E-state index is -4.52. The maximum atomic E-state index is 13.6. The summed E-state index contributed by atoms with van der Waals surface area (Å²) in [6.45, 7) is 6.71. The number of carbonyl (C=O) groups is 4. The Kier molecular flexibility index (Phi) is 11.1. The fraction of sp³-hybridized carbons (Fsp3) is 0.467. The number of rotatable bonds is 8. The molecule has 0 radical (unpaired) electrons. The lowest BCUT2D eigenvalue weighted by Crippen LogP contribution is -2.53. The average Bonchev–Trinajstić information content (AvgIpc) is 2.94. The highest BCUT2D eigenvalue weighted by Gasteiger charge is 2.43. The Labute approximate surface area is 258 Å². The Balaban J connectivity index is 1.66. The standard InChI is InChI=1S/C30H36ClF3N4O6/c1-19-20(6-5-7-23(19)31)16-35-25(40)29(18-43-27(42)37-22-10-8-21(9-11-22)30(32,33)34)12-14-38(15-13-29)24(39)17-36-26(41)44-28(2,3)4/h5-11H,12-18H2,1-4H3,(H,35,40)(H,36,41)(H,37,42). The van der Waals surface area contributed by atoms with Crippen LogP contribution in [-0.2, 0) is 31.8 Å². The van der Waals surface area contributed by atoms with Gasteiger partial charge in [-0.2, -0.15) is 13.2 Å². The van der Waals surface area contributed by atoms with Crippen molar-refractivity contribution >= 4 is 41.3 Å². The van der Waals surface area contributed by atoms with Gasteiger partial charge in [-0.15, -0.1) is 0 Å². The lowest BCUT2D eigenvalue weighted by molar-refractivity contribution is -0.142. The van der Waals surface area contributed by atoms with Gasteiger partial charge in [-0.3, -0.25) is 14.9 Å². The third-order valence-electron chi connectivity index (χ3n) is 7.10. The molecule has 1 saturated heterocycles. The number of hydrogen-bond acceptors (Lipinski definition) is 6. The van der Waals surface area contributed by atoms with Crippen molar-refractivity contribution in [2.24, 2.45) is 5.41 Å². The lowest BCUT2D eigenvalue weighted by atomic mass is 9.78. The van der Waals surface area contributed by atoms with Gasteiger partial charge >= 0.3 is 18.4 Å². The van der Waals surface area contributed by atoms with Crippen molar-refractivity contribution in [1.82, 2.24) is 15.5 Å². The molecule has 2 aromatic rings. The fourth-order valence-electron chi connectivity index (χ4n) is 4.50. The molecule has 0 aromatic heterocycles. The quantitative estimate of drug-likeness (QED) is 0.342. The van der Waals surface area contributed by atoms with Gasteiger partial charge in [0.25, 0.3) is 0 Å². The average molecular weight is 641 g/mol. The second kappa shape index (κ2) is 14.2. The van der Waals surface area contributed by atoms with Crippen molar-refractivity contribution in [3.63, 3.8) is 0 Å². The van der Waals surface area contributed by atoms with E-state index in [4.69, 9.17) is 21.1 Å². The van der Waals surface area contributed by atoms with E-state index >= 15 is 0 Å². The Morgan fingerprint density at radius 2 is 1.59 bits per heavy atom. The Morgan fingerprint density at radius 1 is 0.955 bits per heavy atom. The summed E-state index contributed by atoms with van der Waals surface area (Å²) in [7, 11) is 0. The summed E-state index contributed by atoms with van der Waals surface area (Å²) < 4.78 is 49.1. The number of likely N-dealkylation sites (tertiary alicyclic amines) is 1. The van der Waals surface area contributed by atoms with Crippen LogP contribution >= 0.6 is 11.6 Å². The van der Waals surface area contributed by atoms with E-state index in [0.29, 0.717) is 5.02 Å². The highest BCUT2D eigenvalue weighted by Crippen LogP contribution is 2.33. The Bertz CT molecular complexity index is 1350. The van der Waals surface area contributed by atoms with Gasteiger partial charge < -0.3 is 25.0 Å². The lowest BCUT2D eigenvalue weighted by Gasteiger charge is -2.40. The third kappa shape index (κ3) is 9.76. The van der Waals surface area contributed by atoms with E-state index in [1.54, 1.807) is 32.9 Å². The van der Waals surface area contributed by atoms with E-state index in [0.717, 1.165) is 35.4 Å². The summed E-state index contributed by atoms with van der Waals surface area (Å²) >= 11 is 6.21. The minimum absolute atomic E-state index is 0.0795. The smallest absolute Gasteiger partial charge is 0.416 e. The first kappa shape index (κ1) is 34.5. The summed E-state index contributed by atoms with van der Waals surface area (Å²) in [4.78, 5) is 52.3. The molecule has 240 valence electrons. The predicted octanol–water partition coefficient (Wildman–Crippen LogP) is 5.67. The van der Waals surface area contributed by atoms with E-state index < -0.39 is 40.8 Å². The van der Waals surface area contributed by atoms with Gasteiger partial charge in [0.2, 0.25) is 11.8 Å². The molecule has 3 N–H and O–H groups in total. The van der Waals surface area contributed by atoms with Crippen LogP contribution in [0.3, 0.4) is 0 Å². The van der Waals surface area contributed by atoms with Crippen LogP contribution in [0.5, 0.6) is 0 Å². The largest absolute Gasteiger partial charge is 0.448 e. The molecule has 1 aliphatic heterocycles. The molecular weight excluding hydrogens is 605 g/mol. The van der Waals surface area contributed by atoms with Crippen LogP contribution in [0.4, 0.5) is 28.4 Å². The van der Waals surface area contributed by atoms with Crippen molar-refractivity contribution < 1.29 is 41.8 Å². The normalized spacial score (nSPS) is 14.8. The third-order valence-corrected chi connectivity index (χ3v) is 7.50. The number of ether oxygens (including phenoxy) is 2. The molecule has 10 nitrogen and oxygen atoms in total. The van der Waals surface area contributed by atoms with Gasteiger partial charge in [0.1, 0.15) is 18.8 Å². The molecule has 44 heavy (non-hydrogen) atoms. The van der Waals surface area contributed by atoms with Crippen molar-refractivity contribution in [3.8, 4) is 0 Å². The molecule has 0 bridgehead atoms. The fourth-order valence-corrected chi connectivity index (χ4v) is 4.70. The zero-order chi connectivity index (χ0) is 32.7. The van der Waals surface area contributed by atoms with E-state index in [2.05, 4.69) is 16.0 Å². The Morgan fingerprint density at radius 3 is 2.18 bits per heavy atom. The van der Waals surface area contributed by atoms with Crippen LogP contribution in [0.1, 0.15) is 50.3 Å². The number of nitrogens with one attached hydrogen (secondary N) is 3. The molecule has 0 spiro atoms. The summed E-state index contributed by atoms with van der Waals surface area (Å²) in [6.07, 6.45) is -5.94. The monoisotopic (exact) mass is 640 g/mol. The molecule has 4 amide bonds. The van der Waals surface area contributed by atoms with Crippen LogP contribution in [0.15, 0.2) is 42.5 Å². The molecule has 1 aliphatic rings. The summed E-state index contributed by atoms with van der Waals surface area (Å²) in [6, 6.07) is 9.15. The van der Waals surface area contributed by atoms with E-state index in [1.807, 2.05) is 13.0 Å². The number of alkyl halides is 3. The van der Waals surface area contributed by atoms with E-state index in [1.165, 1.54) is 4.90 Å². The van der Waals surface area contributed by atoms with Crippen molar-refractivity contribution in [1.29, 1.82) is 0 Å². The van der Waals surface area contributed by atoms with Crippen LogP contribution in [0, 0.1) is 12.3 Å². The van der Waals surface area contributed by atoms with E-state index in [-0.39, 0.29) is 57.2 Å². The molecule has 3 rings (SSSR count). The number of piperidine rings is 1. The first-order chi connectivity index (χ1) is 20.5. The van der Waals surface area contributed by atoms with Gasteiger partial charge in [0.15, 0.2) is 0 Å². The molecule has 0 atom stereocenters. The molecule has 14 heteroatoms. The van der Waals surface area contributed by atoms with E-state index in [9.17, 15) is 32.3 Å². The van der Waals surface area contributed by atoms with Gasteiger partial charge in [-0.1, -0.05) is 23.7 Å². The number of amides is 4. The zero-order valence-corrected chi connectivity index (χ0v) is 25.7. The van der Waals surface area contributed by atoms with Gasteiger partial charge in [0.05, 0.1) is 11.0 Å². The number of benzene rings is 2. The first-order valence-electron chi connectivity index (χ1n) is 13.9. The topological polar surface area (TPSA) is 126 Å². The van der Waals surface area contributed by atoms with Gasteiger partial charge in [-0.25, -0.2) is 9.59 Å². The molecular formula is C30H36ClF3N4O6. The maximum absolute atomic E-state index is 13.6. The second-order valence-corrected chi connectivity index (χ2v) is 11.9. The van der Waals surface area contributed by atoms with Crippen molar-refractivity contribution in [2.75, 3.05) is 31.6 Å². The summed E-state index contributed by atoms with van der Waals surface area (Å²) in [5.74, 6) is -0.779. The number of nitrogens with zero attached hydrogens (tertiary/aromatic N) is 1. The number of halogens is 4. The number of alkyl carbamates (subject to hydrolysis) is 1. The predicted molar refractivity (Wildman–Crippen MR) is 157 cm³/mol. The summed E-state index contributed by atoms with van der Waals surface area (Å²) in [5.41, 5.74) is -1.13. The first-order valence-corrected chi connectivity index (χ1v) is 14.2. The molecule has 0 aliphatic carbocycles. The number of hydrogen-bond donors (Lipinski definition) is 3. The Hall–Kier alpha value is -4.00. The van der Waals surface area contributed by atoms with Crippen LogP contribution < -0.4 is 16.0 Å². The van der Waals surface area contributed by atoms with Gasteiger partial charge in [-0.05, 0) is 82.0 Å². The highest BCUT2D eigenvalue weighted by atomic mass is 35.5. The van der Waals surface area contributed by atoms with Crippen molar-refractivity contribution in [2.45, 2.75) is 58.9 Å².